The largest absolute Gasteiger partial charge is 0.492 e. The summed E-state index contributed by atoms with van der Waals surface area (Å²) < 4.78 is 5.95. The van der Waals surface area contributed by atoms with Gasteiger partial charge in [-0.1, -0.05) is 43.5 Å². The Kier molecular flexibility index (Phi) is 7.85. The molecule has 1 saturated carbocycles. The molecule has 6 heteroatoms. The van der Waals surface area contributed by atoms with Crippen molar-refractivity contribution in [2.75, 3.05) is 12.9 Å². The molecule has 0 bridgehead atoms. The van der Waals surface area contributed by atoms with Crippen LogP contribution in [0.5, 0.6) is 5.75 Å². The van der Waals surface area contributed by atoms with Gasteiger partial charge in [0.2, 0.25) is 6.41 Å². The summed E-state index contributed by atoms with van der Waals surface area (Å²) >= 11 is 7.71. The van der Waals surface area contributed by atoms with Gasteiger partial charge < -0.3 is 4.74 Å². The number of nitrogens with one attached hydrogen (secondary N) is 1. The maximum atomic E-state index is 11.8. The molecule has 0 atom stereocenters. The van der Waals surface area contributed by atoms with Gasteiger partial charge in [-0.15, -0.1) is 11.8 Å². The van der Waals surface area contributed by atoms with Gasteiger partial charge in [0, 0.05) is 0 Å². The molecule has 1 fully saturated rings. The summed E-state index contributed by atoms with van der Waals surface area (Å²) in [6.07, 6.45) is 8.72. The van der Waals surface area contributed by atoms with E-state index in [4.69, 9.17) is 16.3 Å². The third kappa shape index (κ3) is 5.79. The quantitative estimate of drug-likeness (QED) is 0.557. The summed E-state index contributed by atoms with van der Waals surface area (Å²) in [7, 11) is 0. The number of rotatable bonds is 7. The molecule has 1 aromatic carbocycles. The van der Waals surface area contributed by atoms with Crippen LogP contribution in [0.1, 0.15) is 38.2 Å². The van der Waals surface area contributed by atoms with Crippen molar-refractivity contribution < 1.29 is 14.3 Å². The summed E-state index contributed by atoms with van der Waals surface area (Å²) in [5.74, 6) is 1.58. The maximum absolute atomic E-state index is 11.8. The second-order valence-electron chi connectivity index (χ2n) is 6.40. The molecule has 0 saturated heterocycles. The third-order valence-electron chi connectivity index (χ3n) is 4.52. The van der Waals surface area contributed by atoms with Crippen molar-refractivity contribution in [3.8, 4) is 5.75 Å². The minimum absolute atomic E-state index is 0.374. The molecule has 0 heterocycles. The van der Waals surface area contributed by atoms with E-state index in [2.05, 4.69) is 12.2 Å². The summed E-state index contributed by atoms with van der Waals surface area (Å²) in [4.78, 5) is 22.7. The van der Waals surface area contributed by atoms with E-state index in [1.807, 2.05) is 18.2 Å². The Morgan fingerprint density at radius 2 is 2.08 bits per heavy atom. The molecule has 1 aliphatic carbocycles. The van der Waals surface area contributed by atoms with Gasteiger partial charge >= 0.3 is 0 Å². The van der Waals surface area contributed by atoms with E-state index in [1.165, 1.54) is 37.4 Å². The molecule has 25 heavy (non-hydrogen) atoms. The molecule has 2 amide bonds. The van der Waals surface area contributed by atoms with E-state index in [9.17, 15) is 9.59 Å². The molecule has 0 spiro atoms. The zero-order valence-electron chi connectivity index (χ0n) is 14.6. The molecule has 2 rings (SSSR count). The molecule has 0 aromatic heterocycles. The van der Waals surface area contributed by atoms with Crippen molar-refractivity contribution >= 4 is 41.8 Å². The fraction of sp³-hybridized carbons (Fsp3) is 0.474. The van der Waals surface area contributed by atoms with Crippen molar-refractivity contribution in [1.29, 1.82) is 0 Å². The molecule has 1 N–H and O–H groups in total. The van der Waals surface area contributed by atoms with Crippen molar-refractivity contribution in [1.82, 2.24) is 5.32 Å². The van der Waals surface area contributed by atoms with Crippen LogP contribution in [0, 0.1) is 11.8 Å². The van der Waals surface area contributed by atoms with Crippen molar-refractivity contribution in [2.45, 2.75) is 32.6 Å². The van der Waals surface area contributed by atoms with Crippen LogP contribution >= 0.6 is 23.4 Å². The minimum atomic E-state index is -0.443. The number of benzene rings is 1. The topological polar surface area (TPSA) is 55.4 Å². The number of carbonyl (C=O) groups is 2. The monoisotopic (exact) mass is 381 g/mol. The van der Waals surface area contributed by atoms with Crippen molar-refractivity contribution in [2.24, 2.45) is 11.8 Å². The normalized spacial score (nSPS) is 20.8. The molecular formula is C19H24ClNO3S. The third-order valence-corrected chi connectivity index (χ3v) is 5.67. The Bertz CT molecular complexity index is 640. The number of halogens is 1. The molecule has 0 radical (unpaired) electrons. The second-order valence-corrected chi connectivity index (χ2v) is 7.63. The average molecular weight is 382 g/mol. The van der Waals surface area contributed by atoms with Crippen LogP contribution in [0.3, 0.4) is 0 Å². The van der Waals surface area contributed by atoms with Crippen LogP contribution in [0.25, 0.3) is 6.08 Å². The van der Waals surface area contributed by atoms with Crippen molar-refractivity contribution in [3.05, 3.63) is 33.7 Å². The summed E-state index contributed by atoms with van der Waals surface area (Å²) in [5.41, 5.74) is 0.696. The lowest BCUT2D eigenvalue weighted by molar-refractivity contribution is -0.121. The van der Waals surface area contributed by atoms with Gasteiger partial charge in [0.15, 0.2) is 0 Å². The van der Waals surface area contributed by atoms with E-state index in [-0.39, 0.29) is 0 Å². The van der Waals surface area contributed by atoms with Gasteiger partial charge in [-0.25, -0.2) is 0 Å². The second kappa shape index (κ2) is 9.88. The van der Waals surface area contributed by atoms with Crippen LogP contribution in [0.15, 0.2) is 23.1 Å². The smallest absolute Gasteiger partial charge is 0.264 e. The minimum Gasteiger partial charge on any atom is -0.492 e. The molecule has 0 unspecified atom stereocenters. The zero-order valence-corrected chi connectivity index (χ0v) is 16.2. The number of carbonyl (C=O) groups excluding carboxylic acids is 2. The highest BCUT2D eigenvalue weighted by Gasteiger charge is 2.19. The van der Waals surface area contributed by atoms with E-state index >= 15 is 0 Å². The van der Waals surface area contributed by atoms with E-state index in [0.717, 1.165) is 5.92 Å². The number of imide groups is 1. The molecule has 1 aromatic rings. The molecule has 0 aliphatic heterocycles. The molecule has 4 nitrogen and oxygen atoms in total. The van der Waals surface area contributed by atoms with Gasteiger partial charge in [-0.3, -0.25) is 14.9 Å². The van der Waals surface area contributed by atoms with E-state index in [0.29, 0.717) is 40.2 Å². The predicted molar refractivity (Wildman–Crippen MR) is 104 cm³/mol. The van der Waals surface area contributed by atoms with Gasteiger partial charge in [-0.05, 0) is 48.6 Å². The van der Waals surface area contributed by atoms with E-state index < -0.39 is 5.91 Å². The lowest BCUT2D eigenvalue weighted by Gasteiger charge is -2.26. The first-order chi connectivity index (χ1) is 12.0. The Hall–Kier alpha value is -1.46. The van der Waals surface area contributed by atoms with Gasteiger partial charge in [-0.2, -0.15) is 0 Å². The zero-order chi connectivity index (χ0) is 18.2. The van der Waals surface area contributed by atoms with Gasteiger partial charge in [0.1, 0.15) is 5.75 Å². The number of thioether (sulfide) groups is 1. The Morgan fingerprint density at radius 3 is 2.72 bits per heavy atom. The SMILES string of the molecule is CS/C(=C\c1cccc(OCC2CCC(C)CC2)c1Cl)C(=O)NC=O. The highest BCUT2D eigenvalue weighted by molar-refractivity contribution is 8.03. The standard InChI is InChI=1S/C19H24ClNO3S/c1-13-6-8-14(9-7-13)11-24-16-5-3-4-15(18(16)20)10-17(25-2)19(23)21-12-22/h3-5,10,12-14H,6-9,11H2,1-2H3,(H,21,22,23)/b17-10-. The van der Waals surface area contributed by atoms with Crippen LogP contribution in [-0.4, -0.2) is 25.2 Å². The van der Waals surface area contributed by atoms with Crippen LogP contribution in [-0.2, 0) is 9.59 Å². The number of hydrogen-bond donors (Lipinski definition) is 1. The van der Waals surface area contributed by atoms with Gasteiger partial charge in [0.05, 0.1) is 16.5 Å². The first-order valence-electron chi connectivity index (χ1n) is 8.46. The number of ether oxygens (including phenoxy) is 1. The molecule has 136 valence electrons. The lowest BCUT2D eigenvalue weighted by Crippen LogP contribution is -2.21. The van der Waals surface area contributed by atoms with E-state index in [1.54, 1.807) is 12.3 Å². The lowest BCUT2D eigenvalue weighted by atomic mass is 9.83. The maximum Gasteiger partial charge on any atom is 0.264 e. The fourth-order valence-electron chi connectivity index (χ4n) is 2.94. The Labute approximate surface area is 158 Å². The van der Waals surface area contributed by atoms with Crippen molar-refractivity contribution in [3.63, 3.8) is 0 Å². The summed E-state index contributed by atoms with van der Waals surface area (Å²) in [6, 6.07) is 5.52. The Balaban J connectivity index is 2.08. The van der Waals surface area contributed by atoms with Crippen LogP contribution < -0.4 is 10.1 Å². The molecular weight excluding hydrogens is 358 g/mol. The highest BCUT2D eigenvalue weighted by Crippen LogP contribution is 2.33. The predicted octanol–water partition coefficient (Wildman–Crippen LogP) is 4.52. The summed E-state index contributed by atoms with van der Waals surface area (Å²) in [5, 5.41) is 2.62. The first kappa shape index (κ1) is 19.9. The Morgan fingerprint density at radius 1 is 1.36 bits per heavy atom. The average Bonchev–Trinajstić information content (AvgIpc) is 2.61. The summed E-state index contributed by atoms with van der Waals surface area (Å²) in [6.45, 7) is 2.97. The molecule has 1 aliphatic rings. The first-order valence-corrected chi connectivity index (χ1v) is 10.1. The van der Waals surface area contributed by atoms with Crippen LogP contribution in [0.2, 0.25) is 5.02 Å². The van der Waals surface area contributed by atoms with Crippen LogP contribution in [0.4, 0.5) is 0 Å². The number of hydrogen-bond acceptors (Lipinski definition) is 4. The highest BCUT2D eigenvalue weighted by atomic mass is 35.5. The number of amides is 2. The van der Waals surface area contributed by atoms with Gasteiger partial charge in [0.25, 0.3) is 5.91 Å². The fourth-order valence-corrected chi connectivity index (χ4v) is 3.66.